The minimum absolute atomic E-state index is 0.00619. The molecule has 0 unspecified atom stereocenters. The number of furan rings is 1. The number of anilines is 3. The smallest absolute Gasteiger partial charge is 0.410 e. The number of halogens is 1. The number of morpholine rings is 1. The molecule has 0 radical (unpaired) electrons. The third kappa shape index (κ3) is 5.94. The van der Waals surface area contributed by atoms with Crippen molar-refractivity contribution in [3.8, 4) is 0 Å². The van der Waals surface area contributed by atoms with Crippen LogP contribution in [0.1, 0.15) is 36.2 Å². The molecule has 1 aliphatic heterocycles. The summed E-state index contributed by atoms with van der Waals surface area (Å²) in [5, 5.41) is 17.0. The van der Waals surface area contributed by atoms with Crippen LogP contribution in [-0.2, 0) is 14.3 Å². The summed E-state index contributed by atoms with van der Waals surface area (Å²) in [5.74, 6) is -1.45. The fourth-order valence-electron chi connectivity index (χ4n) is 4.85. The minimum atomic E-state index is -1.32. The Morgan fingerprint density at radius 2 is 1.79 bits per heavy atom. The SMILES string of the molecule is O=C(O)Nc1ccc2oc(C(=O)Nc3ccc(Cl)cn3)c(NC(=O)C3CCC(N4CCOCC4=O)CC3)c2n1. The van der Waals surface area contributed by atoms with Gasteiger partial charge in [0, 0.05) is 24.7 Å². The first-order chi connectivity index (χ1) is 18.8. The summed E-state index contributed by atoms with van der Waals surface area (Å²) < 4.78 is 10.9. The highest BCUT2D eigenvalue weighted by Crippen LogP contribution is 2.34. The quantitative estimate of drug-likeness (QED) is 0.353. The first-order valence-corrected chi connectivity index (χ1v) is 12.7. The molecule has 3 aromatic heterocycles. The standard InChI is InChI=1S/C25H25ClN6O7/c26-14-3-7-17(27-11-14)29-24(35)22-21(20-16(39-22)6-8-18(28-20)30-25(36)37)31-23(34)13-1-4-15(5-2-13)32-9-10-38-12-19(32)33/h3,6-8,11,13,15H,1-2,4-5,9-10,12H2,(H,28,30)(H,31,34)(H,36,37)(H,27,29,35). The summed E-state index contributed by atoms with van der Waals surface area (Å²) in [7, 11) is 0. The highest BCUT2D eigenvalue weighted by Gasteiger charge is 2.34. The van der Waals surface area contributed by atoms with Gasteiger partial charge in [-0.25, -0.2) is 14.8 Å². The number of nitrogens with zero attached hydrogens (tertiary/aromatic N) is 3. The van der Waals surface area contributed by atoms with Gasteiger partial charge in [-0.1, -0.05) is 11.6 Å². The van der Waals surface area contributed by atoms with E-state index in [4.69, 9.17) is 25.9 Å². The van der Waals surface area contributed by atoms with Gasteiger partial charge in [-0.05, 0) is 49.9 Å². The van der Waals surface area contributed by atoms with Gasteiger partial charge in [-0.2, -0.15) is 0 Å². The molecule has 4 N–H and O–H groups in total. The largest absolute Gasteiger partial charge is 0.465 e. The number of carboxylic acid groups (broad SMARTS) is 1. The lowest BCUT2D eigenvalue weighted by molar-refractivity contribution is -0.146. The molecule has 1 saturated heterocycles. The minimum Gasteiger partial charge on any atom is -0.465 e. The fraction of sp³-hybridized carbons (Fsp3) is 0.360. The molecule has 13 nitrogen and oxygen atoms in total. The zero-order valence-electron chi connectivity index (χ0n) is 20.6. The van der Waals surface area contributed by atoms with Crippen molar-refractivity contribution in [3.63, 3.8) is 0 Å². The zero-order chi connectivity index (χ0) is 27.5. The van der Waals surface area contributed by atoms with E-state index < -0.39 is 12.0 Å². The van der Waals surface area contributed by atoms with Crippen LogP contribution in [0.25, 0.3) is 11.1 Å². The van der Waals surface area contributed by atoms with Gasteiger partial charge in [0.2, 0.25) is 17.6 Å². The van der Waals surface area contributed by atoms with Crippen LogP contribution in [0.4, 0.5) is 22.1 Å². The van der Waals surface area contributed by atoms with E-state index in [1.807, 2.05) is 4.90 Å². The second-order valence-electron chi connectivity index (χ2n) is 9.23. The molecule has 3 aromatic rings. The Morgan fingerprint density at radius 3 is 2.49 bits per heavy atom. The number of rotatable bonds is 6. The third-order valence-corrected chi connectivity index (χ3v) is 6.95. The van der Waals surface area contributed by atoms with E-state index in [1.165, 1.54) is 24.4 Å². The number of hydrogen-bond donors (Lipinski definition) is 4. The highest BCUT2D eigenvalue weighted by atomic mass is 35.5. The van der Waals surface area contributed by atoms with Gasteiger partial charge in [0.15, 0.2) is 5.58 Å². The second kappa shape index (κ2) is 11.3. The molecule has 0 bridgehead atoms. The maximum atomic E-state index is 13.3. The monoisotopic (exact) mass is 556 g/mol. The van der Waals surface area contributed by atoms with Gasteiger partial charge in [0.25, 0.3) is 5.91 Å². The van der Waals surface area contributed by atoms with Crippen LogP contribution in [0.2, 0.25) is 5.02 Å². The van der Waals surface area contributed by atoms with E-state index in [9.17, 15) is 19.2 Å². The molecule has 5 rings (SSSR count). The van der Waals surface area contributed by atoms with Gasteiger partial charge in [-0.15, -0.1) is 0 Å². The zero-order valence-corrected chi connectivity index (χ0v) is 21.4. The number of ether oxygens (including phenoxy) is 1. The number of amides is 4. The highest BCUT2D eigenvalue weighted by molar-refractivity contribution is 6.30. The summed E-state index contributed by atoms with van der Waals surface area (Å²) in [6, 6.07) is 5.94. The molecule has 39 heavy (non-hydrogen) atoms. The fourth-order valence-corrected chi connectivity index (χ4v) is 4.96. The summed E-state index contributed by atoms with van der Waals surface area (Å²) in [4.78, 5) is 59.9. The van der Waals surface area contributed by atoms with Crippen molar-refractivity contribution in [1.82, 2.24) is 14.9 Å². The maximum absolute atomic E-state index is 13.3. The first kappa shape index (κ1) is 26.4. The Bertz CT molecular complexity index is 1420. The van der Waals surface area contributed by atoms with Crippen LogP contribution >= 0.6 is 11.6 Å². The number of pyridine rings is 2. The van der Waals surface area contributed by atoms with Gasteiger partial charge >= 0.3 is 6.09 Å². The molecule has 4 amide bonds. The Kier molecular flexibility index (Phi) is 7.61. The van der Waals surface area contributed by atoms with Crippen LogP contribution in [0.15, 0.2) is 34.9 Å². The van der Waals surface area contributed by atoms with Crippen molar-refractivity contribution in [2.75, 3.05) is 35.7 Å². The predicted octanol–water partition coefficient (Wildman–Crippen LogP) is 3.57. The van der Waals surface area contributed by atoms with Crippen LogP contribution < -0.4 is 16.0 Å². The predicted molar refractivity (Wildman–Crippen MR) is 140 cm³/mol. The molecule has 14 heteroatoms. The van der Waals surface area contributed by atoms with Crippen LogP contribution in [0.3, 0.4) is 0 Å². The van der Waals surface area contributed by atoms with E-state index in [0.717, 1.165) is 0 Å². The van der Waals surface area contributed by atoms with E-state index in [0.29, 0.717) is 43.9 Å². The normalized spacial score (nSPS) is 19.5. The van der Waals surface area contributed by atoms with E-state index >= 15 is 0 Å². The number of fused-ring (bicyclic) bond motifs is 1. The molecule has 4 heterocycles. The topological polar surface area (TPSA) is 176 Å². The summed E-state index contributed by atoms with van der Waals surface area (Å²) in [6.07, 6.45) is 2.47. The number of nitrogens with one attached hydrogen (secondary N) is 3. The Morgan fingerprint density at radius 1 is 1.03 bits per heavy atom. The molecule has 204 valence electrons. The average molecular weight is 557 g/mol. The number of carbonyl (C=O) groups excluding carboxylic acids is 3. The molecule has 2 fully saturated rings. The number of aromatic nitrogens is 2. The van der Waals surface area contributed by atoms with Gasteiger partial charge in [0.05, 0.1) is 11.6 Å². The van der Waals surface area contributed by atoms with Crippen molar-refractivity contribution in [3.05, 3.63) is 41.2 Å². The molecule has 2 aliphatic rings. The lowest BCUT2D eigenvalue weighted by Gasteiger charge is -2.38. The molecule has 0 spiro atoms. The van der Waals surface area contributed by atoms with Crippen molar-refractivity contribution in [2.24, 2.45) is 5.92 Å². The van der Waals surface area contributed by atoms with E-state index in [-0.39, 0.29) is 64.6 Å². The van der Waals surface area contributed by atoms with Gasteiger partial charge in [-0.3, -0.25) is 19.7 Å². The van der Waals surface area contributed by atoms with Gasteiger partial charge < -0.3 is 29.8 Å². The molecule has 1 saturated carbocycles. The molecule has 0 aromatic carbocycles. The maximum Gasteiger partial charge on any atom is 0.410 e. The lowest BCUT2D eigenvalue weighted by atomic mass is 9.84. The first-order valence-electron chi connectivity index (χ1n) is 12.3. The Labute approximate surface area is 226 Å². The van der Waals surface area contributed by atoms with Crippen LogP contribution in [0, 0.1) is 5.92 Å². The van der Waals surface area contributed by atoms with Crippen LogP contribution in [0.5, 0.6) is 0 Å². The van der Waals surface area contributed by atoms with Gasteiger partial charge in [0.1, 0.15) is 29.4 Å². The molecular weight excluding hydrogens is 532 g/mol. The van der Waals surface area contributed by atoms with Crippen molar-refractivity contribution >= 4 is 63.8 Å². The van der Waals surface area contributed by atoms with E-state index in [2.05, 4.69) is 25.9 Å². The Balaban J connectivity index is 1.37. The average Bonchev–Trinajstić information content (AvgIpc) is 3.27. The van der Waals surface area contributed by atoms with Crippen LogP contribution in [-0.4, -0.2) is 69.6 Å². The molecule has 0 atom stereocenters. The van der Waals surface area contributed by atoms with Crippen molar-refractivity contribution < 1.29 is 33.4 Å². The second-order valence-corrected chi connectivity index (χ2v) is 9.67. The molecule has 1 aliphatic carbocycles. The van der Waals surface area contributed by atoms with Crippen molar-refractivity contribution in [1.29, 1.82) is 0 Å². The lowest BCUT2D eigenvalue weighted by Crippen LogP contribution is -2.49. The summed E-state index contributed by atoms with van der Waals surface area (Å²) >= 11 is 5.86. The summed E-state index contributed by atoms with van der Waals surface area (Å²) in [5.41, 5.74) is 0.294. The number of carbonyl (C=O) groups is 4. The molecular formula is C25H25ClN6O7. The number of hydrogen-bond acceptors (Lipinski definition) is 8. The third-order valence-electron chi connectivity index (χ3n) is 6.72. The summed E-state index contributed by atoms with van der Waals surface area (Å²) in [6.45, 7) is 1.12. The van der Waals surface area contributed by atoms with Crippen molar-refractivity contribution in [2.45, 2.75) is 31.7 Å². The Hall–Kier alpha value is -4.23. The van der Waals surface area contributed by atoms with E-state index in [1.54, 1.807) is 6.07 Å².